The zero-order valence-corrected chi connectivity index (χ0v) is 16.2. The van der Waals surface area contributed by atoms with Crippen molar-refractivity contribution in [1.29, 1.82) is 0 Å². The molecule has 3 rings (SSSR count). The molecule has 2 heterocycles. The minimum atomic E-state index is 0.291. The second-order valence-corrected chi connectivity index (χ2v) is 6.50. The van der Waals surface area contributed by atoms with Gasteiger partial charge in [0, 0.05) is 31.6 Å². The van der Waals surface area contributed by atoms with Crippen LogP contribution in [0.4, 0.5) is 0 Å². The second-order valence-electron chi connectivity index (χ2n) is 6.50. The summed E-state index contributed by atoms with van der Waals surface area (Å²) in [4.78, 5) is 8.75. The highest BCUT2D eigenvalue weighted by Gasteiger charge is 2.21. The molecule has 2 N–H and O–H groups in total. The Morgan fingerprint density at radius 2 is 2.22 bits per heavy atom. The number of guanidine groups is 1. The van der Waals surface area contributed by atoms with Crippen LogP contribution < -0.4 is 15.4 Å². The molecule has 0 radical (unpaired) electrons. The zero-order valence-electron chi connectivity index (χ0n) is 16.2. The Labute approximate surface area is 160 Å². The average molecular weight is 372 g/mol. The Morgan fingerprint density at radius 3 is 3.04 bits per heavy atom. The third-order valence-electron chi connectivity index (χ3n) is 4.52. The molecule has 0 spiro atoms. The van der Waals surface area contributed by atoms with Crippen LogP contribution >= 0.6 is 0 Å². The predicted octanol–water partition coefficient (Wildman–Crippen LogP) is 1.29. The van der Waals surface area contributed by atoms with Gasteiger partial charge in [0.05, 0.1) is 26.9 Å². The van der Waals surface area contributed by atoms with Gasteiger partial charge in [0.25, 0.3) is 0 Å². The van der Waals surface area contributed by atoms with Gasteiger partial charge in [0.1, 0.15) is 17.4 Å². The molecule has 1 atom stereocenters. The summed E-state index contributed by atoms with van der Waals surface area (Å²) in [5.41, 5.74) is 1.05. The highest BCUT2D eigenvalue weighted by Crippen LogP contribution is 2.17. The van der Waals surface area contributed by atoms with E-state index in [9.17, 15) is 0 Å². The number of nitrogens with zero attached hydrogens (tertiary/aromatic N) is 4. The molecule has 146 valence electrons. The number of para-hydroxylation sites is 1. The molecule has 1 aliphatic heterocycles. The quantitative estimate of drug-likeness (QED) is 0.433. The first-order chi connectivity index (χ1) is 13.2. The number of fused-ring (bicyclic) bond motifs is 1. The molecular formula is C19H28N6O2. The van der Waals surface area contributed by atoms with Crippen LogP contribution in [0.5, 0.6) is 5.75 Å². The molecule has 0 bridgehead atoms. The number of rotatable bonds is 7. The van der Waals surface area contributed by atoms with Crippen molar-refractivity contribution < 1.29 is 9.47 Å². The Kier molecular flexibility index (Phi) is 6.64. The SMILES string of the molecule is CN=C(NCCOCc1ccccc1OC)NC1CCc2nc(C)nn2C1. The Hall–Kier alpha value is -2.61. The summed E-state index contributed by atoms with van der Waals surface area (Å²) < 4.78 is 13.1. The Bertz CT molecular complexity index is 773. The Morgan fingerprint density at radius 1 is 1.37 bits per heavy atom. The van der Waals surface area contributed by atoms with E-state index in [1.165, 1.54) is 0 Å². The minimum Gasteiger partial charge on any atom is -0.496 e. The van der Waals surface area contributed by atoms with E-state index in [0.717, 1.165) is 48.3 Å². The lowest BCUT2D eigenvalue weighted by Crippen LogP contribution is -2.47. The van der Waals surface area contributed by atoms with Gasteiger partial charge >= 0.3 is 0 Å². The fourth-order valence-corrected chi connectivity index (χ4v) is 3.19. The van der Waals surface area contributed by atoms with Crippen LogP contribution in [-0.2, 0) is 24.3 Å². The van der Waals surface area contributed by atoms with Crippen molar-refractivity contribution >= 4 is 5.96 Å². The maximum Gasteiger partial charge on any atom is 0.191 e. The predicted molar refractivity (Wildman–Crippen MR) is 104 cm³/mol. The van der Waals surface area contributed by atoms with Gasteiger partial charge in [-0.1, -0.05) is 18.2 Å². The molecule has 8 nitrogen and oxygen atoms in total. The van der Waals surface area contributed by atoms with Gasteiger partial charge in [0.2, 0.25) is 0 Å². The maximum atomic E-state index is 5.75. The lowest BCUT2D eigenvalue weighted by Gasteiger charge is -2.25. The van der Waals surface area contributed by atoms with E-state index in [2.05, 4.69) is 25.7 Å². The molecule has 0 amide bonds. The van der Waals surface area contributed by atoms with E-state index < -0.39 is 0 Å². The van der Waals surface area contributed by atoms with Gasteiger partial charge in [-0.05, 0) is 19.4 Å². The summed E-state index contributed by atoms with van der Waals surface area (Å²) in [7, 11) is 3.45. The topological polar surface area (TPSA) is 85.6 Å². The van der Waals surface area contributed by atoms with E-state index in [1.54, 1.807) is 14.2 Å². The first-order valence-electron chi connectivity index (χ1n) is 9.26. The highest BCUT2D eigenvalue weighted by molar-refractivity contribution is 5.79. The number of aliphatic imine (C=N–C) groups is 1. The number of hydrogen-bond acceptors (Lipinski definition) is 5. The fraction of sp³-hybridized carbons (Fsp3) is 0.526. The van der Waals surface area contributed by atoms with Crippen LogP contribution in [0, 0.1) is 6.92 Å². The van der Waals surface area contributed by atoms with Crippen LogP contribution in [0.25, 0.3) is 0 Å². The van der Waals surface area contributed by atoms with Gasteiger partial charge < -0.3 is 20.1 Å². The van der Waals surface area contributed by atoms with Crippen molar-refractivity contribution in [2.75, 3.05) is 27.3 Å². The lowest BCUT2D eigenvalue weighted by atomic mass is 10.1. The number of benzene rings is 1. The van der Waals surface area contributed by atoms with Gasteiger partial charge in [-0.25, -0.2) is 9.67 Å². The molecule has 0 aliphatic carbocycles. The van der Waals surface area contributed by atoms with Gasteiger partial charge in [-0.15, -0.1) is 0 Å². The number of aromatic nitrogens is 3. The Balaban J connectivity index is 1.38. The molecule has 2 aromatic rings. The van der Waals surface area contributed by atoms with Crippen molar-refractivity contribution in [3.8, 4) is 5.75 Å². The number of nitrogens with one attached hydrogen (secondary N) is 2. The third kappa shape index (κ3) is 5.19. The molecule has 8 heteroatoms. The van der Waals surface area contributed by atoms with Crippen LogP contribution in [0.15, 0.2) is 29.3 Å². The first-order valence-corrected chi connectivity index (χ1v) is 9.26. The monoisotopic (exact) mass is 372 g/mol. The van der Waals surface area contributed by atoms with Gasteiger partial charge in [-0.2, -0.15) is 5.10 Å². The highest BCUT2D eigenvalue weighted by atomic mass is 16.5. The van der Waals surface area contributed by atoms with Crippen molar-refractivity contribution in [2.45, 2.75) is 39.0 Å². The molecule has 1 aliphatic rings. The lowest BCUT2D eigenvalue weighted by molar-refractivity contribution is 0.123. The molecular weight excluding hydrogens is 344 g/mol. The number of ether oxygens (including phenoxy) is 2. The smallest absolute Gasteiger partial charge is 0.191 e. The maximum absolute atomic E-state index is 5.75. The third-order valence-corrected chi connectivity index (χ3v) is 4.52. The van der Waals surface area contributed by atoms with Crippen LogP contribution in [0.2, 0.25) is 0 Å². The molecule has 1 aromatic carbocycles. The van der Waals surface area contributed by atoms with Crippen molar-refractivity contribution in [3.63, 3.8) is 0 Å². The summed E-state index contributed by atoms with van der Waals surface area (Å²) in [5, 5.41) is 11.2. The first kappa shape index (κ1) is 19.2. The van der Waals surface area contributed by atoms with Crippen LogP contribution in [-0.4, -0.2) is 54.1 Å². The zero-order chi connectivity index (χ0) is 19.1. The normalized spacial score (nSPS) is 16.7. The van der Waals surface area contributed by atoms with E-state index in [-0.39, 0.29) is 0 Å². The van der Waals surface area contributed by atoms with Crippen molar-refractivity contribution in [3.05, 3.63) is 41.5 Å². The van der Waals surface area contributed by atoms with E-state index >= 15 is 0 Å². The van der Waals surface area contributed by atoms with Crippen LogP contribution in [0.1, 0.15) is 23.6 Å². The molecule has 0 saturated carbocycles. The summed E-state index contributed by atoms with van der Waals surface area (Å²) in [5.74, 6) is 3.53. The summed E-state index contributed by atoms with van der Waals surface area (Å²) in [6.45, 7) is 4.51. The van der Waals surface area contributed by atoms with E-state index in [4.69, 9.17) is 9.47 Å². The summed E-state index contributed by atoms with van der Waals surface area (Å²) in [6, 6.07) is 8.18. The number of hydrogen-bond donors (Lipinski definition) is 2. The molecule has 27 heavy (non-hydrogen) atoms. The van der Waals surface area contributed by atoms with Gasteiger partial charge in [0.15, 0.2) is 5.96 Å². The second kappa shape index (κ2) is 9.36. The molecule has 0 saturated heterocycles. The van der Waals surface area contributed by atoms with Crippen molar-refractivity contribution in [1.82, 2.24) is 25.4 Å². The minimum absolute atomic E-state index is 0.291. The van der Waals surface area contributed by atoms with E-state index in [0.29, 0.717) is 25.8 Å². The standard InChI is InChI=1S/C19H28N6O2/c1-14-22-18-9-8-16(12-25(18)24-14)23-19(20-2)21-10-11-27-13-15-6-4-5-7-17(15)26-3/h4-7,16H,8-13H2,1-3H3,(H2,20,21,23). The van der Waals surface area contributed by atoms with Crippen molar-refractivity contribution in [2.24, 2.45) is 4.99 Å². The fourth-order valence-electron chi connectivity index (χ4n) is 3.19. The summed E-state index contributed by atoms with van der Waals surface area (Å²) >= 11 is 0. The van der Waals surface area contributed by atoms with Crippen LogP contribution in [0.3, 0.4) is 0 Å². The average Bonchev–Trinajstić information content (AvgIpc) is 3.06. The summed E-state index contributed by atoms with van der Waals surface area (Å²) in [6.07, 6.45) is 1.95. The number of aryl methyl sites for hydroxylation is 2. The molecule has 1 aromatic heterocycles. The van der Waals surface area contributed by atoms with Gasteiger partial charge in [-0.3, -0.25) is 4.99 Å². The van der Waals surface area contributed by atoms with E-state index in [1.807, 2.05) is 35.9 Å². The molecule has 1 unspecified atom stereocenters. The number of methoxy groups -OCH3 is 1. The largest absolute Gasteiger partial charge is 0.496 e. The molecule has 0 fully saturated rings.